The van der Waals surface area contributed by atoms with E-state index >= 15 is 0 Å². The van der Waals surface area contributed by atoms with Gasteiger partial charge in [-0.15, -0.1) is 0 Å². The summed E-state index contributed by atoms with van der Waals surface area (Å²) >= 11 is 0. The Kier molecular flexibility index (Phi) is 2.33. The summed E-state index contributed by atoms with van der Waals surface area (Å²) in [6.45, 7) is 3.05. The molecule has 0 saturated heterocycles. The van der Waals surface area contributed by atoms with Crippen LogP contribution in [0.25, 0.3) is 0 Å². The maximum atomic E-state index is 11.9. The van der Waals surface area contributed by atoms with E-state index in [4.69, 9.17) is 0 Å². The maximum absolute atomic E-state index is 11.9. The molecule has 19 heavy (non-hydrogen) atoms. The van der Waals surface area contributed by atoms with Crippen LogP contribution in [0.4, 0.5) is 0 Å². The van der Waals surface area contributed by atoms with Crippen LogP contribution in [0.15, 0.2) is 24.3 Å². The number of hydrogen-bond donors (Lipinski definition) is 1. The second-order valence-electron chi connectivity index (χ2n) is 6.78. The van der Waals surface area contributed by atoms with Gasteiger partial charge in [0.15, 0.2) is 0 Å². The van der Waals surface area contributed by atoms with Crippen LogP contribution in [0.1, 0.15) is 37.3 Å². The van der Waals surface area contributed by atoms with Crippen molar-refractivity contribution in [2.75, 3.05) is 6.54 Å². The second-order valence-corrected chi connectivity index (χ2v) is 6.78. The molecular weight excluding hydrogens is 234 g/mol. The molecule has 1 aromatic carbocycles. The zero-order chi connectivity index (χ0) is 13.0. The molecule has 1 amide bonds. The van der Waals surface area contributed by atoms with Crippen LogP contribution in [0.3, 0.4) is 0 Å². The molecule has 4 rings (SSSR count). The SMILES string of the molecule is C[C@@H]1C[C@@H]1C(=O)NC[C@@H]1C[C@@]12CCc1ccccc12. The van der Waals surface area contributed by atoms with Crippen LogP contribution in [0.5, 0.6) is 0 Å². The van der Waals surface area contributed by atoms with Crippen LogP contribution in [-0.2, 0) is 16.6 Å². The van der Waals surface area contributed by atoms with Crippen molar-refractivity contribution in [3.8, 4) is 0 Å². The number of fused-ring (bicyclic) bond motifs is 2. The highest BCUT2D eigenvalue weighted by molar-refractivity contribution is 5.81. The van der Waals surface area contributed by atoms with Gasteiger partial charge in [-0.25, -0.2) is 0 Å². The van der Waals surface area contributed by atoms with Crippen molar-refractivity contribution in [3.05, 3.63) is 35.4 Å². The number of benzene rings is 1. The predicted molar refractivity (Wildman–Crippen MR) is 74.8 cm³/mol. The predicted octanol–water partition coefficient (Wildman–Crippen LogP) is 2.66. The van der Waals surface area contributed by atoms with Crippen molar-refractivity contribution in [3.63, 3.8) is 0 Å². The van der Waals surface area contributed by atoms with Gasteiger partial charge in [0.25, 0.3) is 0 Å². The average molecular weight is 255 g/mol. The number of amides is 1. The van der Waals surface area contributed by atoms with Gasteiger partial charge in [-0.2, -0.15) is 0 Å². The molecule has 0 unspecified atom stereocenters. The van der Waals surface area contributed by atoms with Crippen LogP contribution in [-0.4, -0.2) is 12.5 Å². The van der Waals surface area contributed by atoms with Gasteiger partial charge >= 0.3 is 0 Å². The van der Waals surface area contributed by atoms with Crippen LogP contribution >= 0.6 is 0 Å². The van der Waals surface area contributed by atoms with E-state index in [9.17, 15) is 4.79 Å². The van der Waals surface area contributed by atoms with Crippen molar-refractivity contribution >= 4 is 5.91 Å². The Morgan fingerprint density at radius 2 is 2.21 bits per heavy atom. The van der Waals surface area contributed by atoms with Gasteiger partial charge in [0.2, 0.25) is 5.91 Å². The number of hydrogen-bond acceptors (Lipinski definition) is 1. The molecule has 1 aromatic rings. The summed E-state index contributed by atoms with van der Waals surface area (Å²) in [6, 6.07) is 8.87. The summed E-state index contributed by atoms with van der Waals surface area (Å²) in [5.74, 6) is 1.89. The van der Waals surface area contributed by atoms with Crippen molar-refractivity contribution < 1.29 is 4.79 Å². The van der Waals surface area contributed by atoms with Crippen LogP contribution in [0.2, 0.25) is 0 Å². The molecule has 2 saturated carbocycles. The minimum Gasteiger partial charge on any atom is -0.356 e. The topological polar surface area (TPSA) is 29.1 Å². The summed E-state index contributed by atoms with van der Waals surface area (Å²) in [5.41, 5.74) is 3.51. The van der Waals surface area contributed by atoms with Crippen molar-refractivity contribution in [2.45, 2.75) is 38.0 Å². The van der Waals surface area contributed by atoms with E-state index in [1.165, 1.54) is 24.8 Å². The minimum absolute atomic E-state index is 0.292. The molecule has 0 aliphatic heterocycles. The summed E-state index contributed by atoms with van der Waals surface area (Å²) in [6.07, 6.45) is 4.86. The van der Waals surface area contributed by atoms with E-state index < -0.39 is 0 Å². The fourth-order valence-electron chi connectivity index (χ4n) is 4.04. The van der Waals surface area contributed by atoms with Crippen molar-refractivity contribution in [1.29, 1.82) is 0 Å². The quantitative estimate of drug-likeness (QED) is 0.884. The largest absolute Gasteiger partial charge is 0.356 e. The normalized spacial score (nSPS) is 38.1. The molecule has 0 bridgehead atoms. The Morgan fingerprint density at radius 1 is 1.42 bits per heavy atom. The van der Waals surface area contributed by atoms with Crippen molar-refractivity contribution in [1.82, 2.24) is 5.32 Å². The lowest BCUT2D eigenvalue weighted by molar-refractivity contribution is -0.122. The molecule has 2 nitrogen and oxygen atoms in total. The molecule has 3 aliphatic carbocycles. The van der Waals surface area contributed by atoms with Gasteiger partial charge in [0.05, 0.1) is 0 Å². The van der Waals surface area contributed by atoms with Gasteiger partial charge in [-0.05, 0) is 48.6 Å². The minimum atomic E-state index is 0.292. The smallest absolute Gasteiger partial charge is 0.223 e. The lowest BCUT2D eigenvalue weighted by atomic mass is 9.95. The molecule has 1 N–H and O–H groups in total. The number of carbonyl (C=O) groups excluding carboxylic acids is 1. The fraction of sp³-hybridized carbons (Fsp3) is 0.588. The summed E-state index contributed by atoms with van der Waals surface area (Å²) in [7, 11) is 0. The van der Waals surface area contributed by atoms with E-state index in [0.717, 1.165) is 13.0 Å². The highest BCUT2D eigenvalue weighted by Gasteiger charge is 2.57. The Balaban J connectivity index is 1.40. The second kappa shape index (κ2) is 3.84. The number of nitrogens with one attached hydrogen (secondary N) is 1. The van der Waals surface area contributed by atoms with E-state index in [-0.39, 0.29) is 0 Å². The van der Waals surface area contributed by atoms with Crippen LogP contribution < -0.4 is 5.32 Å². The van der Waals surface area contributed by atoms with Gasteiger partial charge in [-0.1, -0.05) is 31.2 Å². The molecule has 0 heterocycles. The first-order valence-electron chi connectivity index (χ1n) is 7.57. The third-order valence-electron chi connectivity index (χ3n) is 5.60. The van der Waals surface area contributed by atoms with Gasteiger partial charge in [0.1, 0.15) is 0 Å². The average Bonchev–Trinajstić information content (AvgIpc) is 3.27. The van der Waals surface area contributed by atoms with Crippen molar-refractivity contribution in [2.24, 2.45) is 17.8 Å². The lowest BCUT2D eigenvalue weighted by Gasteiger charge is -2.12. The van der Waals surface area contributed by atoms with E-state index in [1.54, 1.807) is 5.56 Å². The number of carbonyl (C=O) groups is 1. The molecule has 2 fully saturated rings. The third kappa shape index (κ3) is 1.73. The standard InChI is InChI=1S/C17H21NO/c1-11-8-14(11)16(19)18-10-13-9-17(13)7-6-12-4-2-3-5-15(12)17/h2-5,11,13-14H,6-10H2,1H3,(H,18,19)/t11-,13+,14+,17+/m1/s1. The Bertz CT molecular complexity index is 538. The molecule has 0 radical (unpaired) electrons. The summed E-state index contributed by atoms with van der Waals surface area (Å²) < 4.78 is 0. The Morgan fingerprint density at radius 3 is 3.00 bits per heavy atom. The molecule has 4 atom stereocenters. The fourth-order valence-corrected chi connectivity index (χ4v) is 4.04. The van der Waals surface area contributed by atoms with E-state index in [0.29, 0.717) is 29.1 Å². The molecule has 0 aromatic heterocycles. The molecule has 2 heteroatoms. The van der Waals surface area contributed by atoms with E-state index in [2.05, 4.69) is 36.5 Å². The summed E-state index contributed by atoms with van der Waals surface area (Å²) in [4.78, 5) is 11.9. The van der Waals surface area contributed by atoms with Crippen LogP contribution in [0, 0.1) is 17.8 Å². The van der Waals surface area contributed by atoms with Gasteiger partial charge < -0.3 is 5.32 Å². The highest BCUT2D eigenvalue weighted by Crippen LogP contribution is 2.61. The third-order valence-corrected chi connectivity index (χ3v) is 5.60. The highest BCUT2D eigenvalue weighted by atomic mass is 16.2. The van der Waals surface area contributed by atoms with Gasteiger partial charge in [0, 0.05) is 17.9 Å². The monoisotopic (exact) mass is 255 g/mol. The zero-order valence-electron chi connectivity index (χ0n) is 11.5. The maximum Gasteiger partial charge on any atom is 0.223 e. The van der Waals surface area contributed by atoms with E-state index in [1.807, 2.05) is 0 Å². The molecule has 1 spiro atoms. The molecular formula is C17H21NO. The summed E-state index contributed by atoms with van der Waals surface area (Å²) in [5, 5.41) is 3.18. The first-order valence-corrected chi connectivity index (χ1v) is 7.57. The lowest BCUT2D eigenvalue weighted by Crippen LogP contribution is -2.29. The van der Waals surface area contributed by atoms with Gasteiger partial charge in [-0.3, -0.25) is 4.79 Å². The first kappa shape index (κ1) is 11.5. The Hall–Kier alpha value is -1.31. The Labute approximate surface area is 114 Å². The molecule has 100 valence electrons. The molecule has 3 aliphatic rings. The zero-order valence-corrected chi connectivity index (χ0v) is 11.5. The number of aryl methyl sites for hydroxylation is 1. The first-order chi connectivity index (χ1) is 9.21. The number of rotatable bonds is 3.